The molecule has 1 unspecified atom stereocenters. The zero-order valence-electron chi connectivity index (χ0n) is 9.81. The van der Waals surface area contributed by atoms with E-state index in [-0.39, 0.29) is 12.5 Å². The number of halogens is 2. The van der Waals surface area contributed by atoms with E-state index in [1.54, 1.807) is 6.20 Å². The Morgan fingerprint density at radius 1 is 1.17 bits per heavy atom. The summed E-state index contributed by atoms with van der Waals surface area (Å²) in [5.74, 6) is -1.15. The van der Waals surface area contributed by atoms with Gasteiger partial charge in [-0.3, -0.25) is 4.98 Å². The molecule has 0 spiro atoms. The molecule has 0 saturated heterocycles. The summed E-state index contributed by atoms with van der Waals surface area (Å²) in [5, 5.41) is 0. The summed E-state index contributed by atoms with van der Waals surface area (Å²) >= 11 is 0. The van der Waals surface area contributed by atoms with Gasteiger partial charge in [0.05, 0.1) is 0 Å². The zero-order valence-corrected chi connectivity index (χ0v) is 9.81. The van der Waals surface area contributed by atoms with Gasteiger partial charge >= 0.3 is 0 Å². The lowest BCUT2D eigenvalue weighted by Crippen LogP contribution is -2.17. The normalized spacial score (nSPS) is 12.4. The first kappa shape index (κ1) is 12.6. The fourth-order valence-corrected chi connectivity index (χ4v) is 1.92. The van der Waals surface area contributed by atoms with Gasteiger partial charge in [-0.2, -0.15) is 0 Å². The molecule has 94 valence electrons. The number of nitrogens with two attached hydrogens (primary N) is 1. The van der Waals surface area contributed by atoms with Gasteiger partial charge in [0.15, 0.2) is 0 Å². The fraction of sp³-hybridized carbons (Fsp3) is 0.214. The zero-order chi connectivity index (χ0) is 13.0. The van der Waals surface area contributed by atoms with Crippen molar-refractivity contribution in [3.8, 4) is 0 Å². The smallest absolute Gasteiger partial charge is 0.126 e. The van der Waals surface area contributed by atoms with Crippen molar-refractivity contribution in [1.82, 2.24) is 4.98 Å². The average molecular weight is 248 g/mol. The van der Waals surface area contributed by atoms with Crippen LogP contribution in [0.3, 0.4) is 0 Å². The Morgan fingerprint density at radius 3 is 2.67 bits per heavy atom. The predicted octanol–water partition coefficient (Wildman–Crippen LogP) is 2.64. The Labute approximate surface area is 104 Å². The Kier molecular flexibility index (Phi) is 3.99. The second kappa shape index (κ2) is 5.69. The van der Waals surface area contributed by atoms with Gasteiger partial charge in [-0.05, 0) is 48.9 Å². The topological polar surface area (TPSA) is 38.9 Å². The lowest BCUT2D eigenvalue weighted by Gasteiger charge is -2.15. The van der Waals surface area contributed by atoms with Crippen molar-refractivity contribution in [2.45, 2.75) is 12.3 Å². The van der Waals surface area contributed by atoms with Crippen LogP contribution in [0.1, 0.15) is 17.2 Å². The maximum absolute atomic E-state index is 13.7. The van der Waals surface area contributed by atoms with Gasteiger partial charge in [-0.1, -0.05) is 6.07 Å². The van der Waals surface area contributed by atoms with Gasteiger partial charge in [0.25, 0.3) is 0 Å². The highest BCUT2D eigenvalue weighted by Gasteiger charge is 2.16. The molecule has 0 radical (unpaired) electrons. The van der Waals surface area contributed by atoms with Crippen molar-refractivity contribution >= 4 is 0 Å². The summed E-state index contributed by atoms with van der Waals surface area (Å²) in [6.45, 7) is 0.247. The molecule has 0 saturated carbocycles. The molecule has 2 rings (SSSR count). The summed E-state index contributed by atoms with van der Waals surface area (Å²) in [4.78, 5) is 4.17. The quantitative estimate of drug-likeness (QED) is 0.903. The van der Waals surface area contributed by atoms with E-state index in [2.05, 4.69) is 4.98 Å². The van der Waals surface area contributed by atoms with Crippen LogP contribution in [0.5, 0.6) is 0 Å². The van der Waals surface area contributed by atoms with Gasteiger partial charge in [-0.15, -0.1) is 0 Å². The Bertz CT molecular complexity index is 514. The third-order valence-corrected chi connectivity index (χ3v) is 2.86. The fourth-order valence-electron chi connectivity index (χ4n) is 1.92. The molecule has 18 heavy (non-hydrogen) atoms. The van der Waals surface area contributed by atoms with Gasteiger partial charge in [0, 0.05) is 17.8 Å². The minimum absolute atomic E-state index is 0.247. The highest BCUT2D eigenvalue weighted by Crippen LogP contribution is 2.22. The number of hydrogen-bond acceptors (Lipinski definition) is 2. The second-order valence-corrected chi connectivity index (χ2v) is 4.12. The van der Waals surface area contributed by atoms with Crippen molar-refractivity contribution in [2.24, 2.45) is 5.73 Å². The SMILES string of the molecule is NCC(Cc1ccccn1)c1cc(F)ccc1F. The first-order valence-electron chi connectivity index (χ1n) is 5.75. The summed E-state index contributed by atoms with van der Waals surface area (Å²) in [6.07, 6.45) is 2.17. The van der Waals surface area contributed by atoms with E-state index in [0.717, 1.165) is 17.8 Å². The van der Waals surface area contributed by atoms with Crippen LogP contribution < -0.4 is 5.73 Å². The minimum Gasteiger partial charge on any atom is -0.330 e. The molecule has 1 aromatic heterocycles. The van der Waals surface area contributed by atoms with Crippen LogP contribution in [0.25, 0.3) is 0 Å². The second-order valence-electron chi connectivity index (χ2n) is 4.12. The third-order valence-electron chi connectivity index (χ3n) is 2.86. The number of nitrogens with zero attached hydrogens (tertiary/aromatic N) is 1. The first-order valence-corrected chi connectivity index (χ1v) is 5.75. The van der Waals surface area contributed by atoms with Crippen molar-refractivity contribution in [3.63, 3.8) is 0 Å². The van der Waals surface area contributed by atoms with Crippen LogP contribution >= 0.6 is 0 Å². The lowest BCUT2D eigenvalue weighted by molar-refractivity contribution is 0.555. The predicted molar refractivity (Wildman–Crippen MR) is 66.1 cm³/mol. The molecule has 0 amide bonds. The summed E-state index contributed by atoms with van der Waals surface area (Å²) in [5.41, 5.74) is 6.78. The number of pyridine rings is 1. The molecule has 2 aromatic rings. The van der Waals surface area contributed by atoms with E-state index in [0.29, 0.717) is 12.0 Å². The van der Waals surface area contributed by atoms with E-state index >= 15 is 0 Å². The van der Waals surface area contributed by atoms with Gasteiger partial charge < -0.3 is 5.73 Å². The summed E-state index contributed by atoms with van der Waals surface area (Å²) in [7, 11) is 0. The van der Waals surface area contributed by atoms with Crippen LogP contribution in [-0.4, -0.2) is 11.5 Å². The van der Waals surface area contributed by atoms with Crippen molar-refractivity contribution < 1.29 is 8.78 Å². The Morgan fingerprint density at radius 2 is 2.00 bits per heavy atom. The van der Waals surface area contributed by atoms with E-state index in [4.69, 9.17) is 5.73 Å². The van der Waals surface area contributed by atoms with E-state index < -0.39 is 11.6 Å². The summed E-state index contributed by atoms with van der Waals surface area (Å²) < 4.78 is 26.8. The molecule has 0 aliphatic heterocycles. The molecule has 1 atom stereocenters. The number of hydrogen-bond donors (Lipinski definition) is 1. The van der Waals surface area contributed by atoms with Crippen LogP contribution in [0, 0.1) is 11.6 Å². The number of rotatable bonds is 4. The van der Waals surface area contributed by atoms with Gasteiger partial charge in [-0.25, -0.2) is 8.78 Å². The molecule has 1 heterocycles. The molecule has 0 bridgehead atoms. The van der Waals surface area contributed by atoms with Gasteiger partial charge in [0.1, 0.15) is 11.6 Å². The van der Waals surface area contributed by atoms with E-state index in [1.807, 2.05) is 18.2 Å². The van der Waals surface area contributed by atoms with E-state index in [9.17, 15) is 8.78 Å². The van der Waals surface area contributed by atoms with Crippen molar-refractivity contribution in [1.29, 1.82) is 0 Å². The Balaban J connectivity index is 2.26. The maximum Gasteiger partial charge on any atom is 0.126 e. The highest BCUT2D eigenvalue weighted by atomic mass is 19.1. The molecule has 0 aliphatic rings. The third kappa shape index (κ3) is 2.90. The molecular weight excluding hydrogens is 234 g/mol. The number of benzene rings is 1. The molecule has 4 heteroatoms. The first-order chi connectivity index (χ1) is 8.70. The molecule has 2 nitrogen and oxygen atoms in total. The maximum atomic E-state index is 13.7. The largest absolute Gasteiger partial charge is 0.330 e. The monoisotopic (exact) mass is 248 g/mol. The van der Waals surface area contributed by atoms with E-state index in [1.165, 1.54) is 6.07 Å². The molecule has 1 aromatic carbocycles. The van der Waals surface area contributed by atoms with Crippen LogP contribution in [0.15, 0.2) is 42.6 Å². The minimum atomic E-state index is -0.453. The summed E-state index contributed by atoms with van der Waals surface area (Å²) in [6, 6.07) is 8.95. The Hall–Kier alpha value is -1.81. The lowest BCUT2D eigenvalue weighted by atomic mass is 9.93. The van der Waals surface area contributed by atoms with Gasteiger partial charge in [0.2, 0.25) is 0 Å². The van der Waals surface area contributed by atoms with Crippen LogP contribution in [0.2, 0.25) is 0 Å². The number of aromatic nitrogens is 1. The van der Waals surface area contributed by atoms with Crippen molar-refractivity contribution in [2.75, 3.05) is 6.54 Å². The molecular formula is C14H14F2N2. The molecule has 0 aliphatic carbocycles. The standard InChI is InChI=1S/C14H14F2N2/c15-11-4-5-14(16)13(8-11)10(9-17)7-12-3-1-2-6-18-12/h1-6,8,10H,7,9,17H2. The molecule has 0 fully saturated rings. The average Bonchev–Trinajstić information content (AvgIpc) is 2.40. The van der Waals surface area contributed by atoms with Crippen LogP contribution in [-0.2, 0) is 6.42 Å². The van der Waals surface area contributed by atoms with Crippen LogP contribution in [0.4, 0.5) is 8.78 Å². The van der Waals surface area contributed by atoms with Crippen molar-refractivity contribution in [3.05, 3.63) is 65.5 Å². The highest BCUT2D eigenvalue weighted by molar-refractivity contribution is 5.25. The molecule has 2 N–H and O–H groups in total.